The van der Waals surface area contributed by atoms with E-state index in [0.717, 1.165) is 15.8 Å². The van der Waals surface area contributed by atoms with Crippen LogP contribution in [0, 0.1) is 6.92 Å². The van der Waals surface area contributed by atoms with Crippen LogP contribution in [-0.2, 0) is 0 Å². The molecule has 0 bridgehead atoms. The highest BCUT2D eigenvalue weighted by Gasteiger charge is 2.00. The lowest BCUT2D eigenvalue weighted by molar-refractivity contribution is 0.482. The van der Waals surface area contributed by atoms with Crippen LogP contribution in [-0.4, -0.2) is 4.98 Å². The van der Waals surface area contributed by atoms with E-state index in [0.29, 0.717) is 11.6 Å². The molecule has 82 valence electrons. The van der Waals surface area contributed by atoms with Crippen molar-refractivity contribution in [2.45, 2.75) is 6.92 Å². The first kappa shape index (κ1) is 11.0. The molecule has 1 aromatic heterocycles. The second-order valence-corrected chi connectivity index (χ2v) is 4.28. The Kier molecular flexibility index (Phi) is 3.10. The van der Waals surface area contributed by atoms with E-state index in [1.807, 2.05) is 25.1 Å². The lowest BCUT2D eigenvalue weighted by Crippen LogP contribution is -1.91. The van der Waals surface area contributed by atoms with Gasteiger partial charge in [-0.3, -0.25) is 0 Å². The molecule has 0 atom stereocenters. The van der Waals surface area contributed by atoms with Crippen LogP contribution in [0.15, 0.2) is 41.0 Å². The summed E-state index contributed by atoms with van der Waals surface area (Å²) in [6, 6.07) is 9.27. The molecule has 3 nitrogen and oxygen atoms in total. The summed E-state index contributed by atoms with van der Waals surface area (Å²) >= 11 is 3.44. The lowest BCUT2D eigenvalue weighted by Gasteiger charge is -2.07. The third kappa shape index (κ3) is 2.52. The molecule has 0 amide bonds. The third-order valence-electron chi connectivity index (χ3n) is 2.12. The molecule has 0 aliphatic carbocycles. The summed E-state index contributed by atoms with van der Waals surface area (Å²) in [5, 5.41) is 0. The molecule has 2 aromatic rings. The second-order valence-electron chi connectivity index (χ2n) is 3.43. The van der Waals surface area contributed by atoms with Crippen LogP contribution in [0.3, 0.4) is 0 Å². The Balaban J connectivity index is 2.24. The number of aromatic nitrogens is 1. The standard InChI is InChI=1S/C12H11BrN2O/c1-8-6-9(2-3-11(8)13)16-10-4-5-15-12(14)7-10/h2-7H,1H3,(H2,14,15). The zero-order chi connectivity index (χ0) is 11.5. The number of hydrogen-bond donors (Lipinski definition) is 1. The molecule has 2 rings (SSSR count). The van der Waals surface area contributed by atoms with Gasteiger partial charge < -0.3 is 10.5 Å². The first-order valence-electron chi connectivity index (χ1n) is 4.81. The number of nitrogens with zero attached hydrogens (tertiary/aromatic N) is 1. The molecular formula is C12H11BrN2O. The molecule has 0 saturated heterocycles. The molecule has 0 aliphatic heterocycles. The Hall–Kier alpha value is -1.55. The average Bonchev–Trinajstić information content (AvgIpc) is 2.24. The lowest BCUT2D eigenvalue weighted by atomic mass is 10.2. The van der Waals surface area contributed by atoms with Crippen LogP contribution in [0.1, 0.15) is 5.56 Å². The second kappa shape index (κ2) is 4.53. The highest BCUT2D eigenvalue weighted by Crippen LogP contribution is 2.26. The molecule has 0 unspecified atom stereocenters. The summed E-state index contributed by atoms with van der Waals surface area (Å²) in [6.45, 7) is 2.01. The van der Waals surface area contributed by atoms with Crippen molar-refractivity contribution in [2.75, 3.05) is 5.73 Å². The predicted molar refractivity (Wildman–Crippen MR) is 67.6 cm³/mol. The summed E-state index contributed by atoms with van der Waals surface area (Å²) < 4.78 is 6.72. The van der Waals surface area contributed by atoms with E-state index in [1.54, 1.807) is 18.3 Å². The van der Waals surface area contributed by atoms with E-state index in [1.165, 1.54) is 0 Å². The van der Waals surface area contributed by atoms with Gasteiger partial charge in [-0.2, -0.15) is 0 Å². The molecule has 0 aliphatic rings. The fraction of sp³-hybridized carbons (Fsp3) is 0.0833. The summed E-state index contributed by atoms with van der Waals surface area (Å²) in [7, 11) is 0. The number of nitrogen functional groups attached to an aromatic ring is 1. The Morgan fingerprint density at radius 1 is 1.19 bits per heavy atom. The molecule has 0 spiro atoms. The number of hydrogen-bond acceptors (Lipinski definition) is 3. The summed E-state index contributed by atoms with van der Waals surface area (Å²) in [5.41, 5.74) is 6.69. The van der Waals surface area contributed by atoms with Crippen LogP contribution in [0.5, 0.6) is 11.5 Å². The van der Waals surface area contributed by atoms with E-state index in [-0.39, 0.29) is 0 Å². The van der Waals surface area contributed by atoms with E-state index in [9.17, 15) is 0 Å². The molecule has 2 N–H and O–H groups in total. The summed E-state index contributed by atoms with van der Waals surface area (Å²) in [5.74, 6) is 1.92. The minimum absolute atomic E-state index is 0.450. The molecule has 0 fully saturated rings. The van der Waals surface area contributed by atoms with Gasteiger partial charge in [0.1, 0.15) is 17.3 Å². The molecule has 4 heteroatoms. The molecular weight excluding hydrogens is 268 g/mol. The van der Waals surface area contributed by atoms with Crippen LogP contribution < -0.4 is 10.5 Å². The number of benzene rings is 1. The van der Waals surface area contributed by atoms with Crippen LogP contribution >= 0.6 is 15.9 Å². The Morgan fingerprint density at radius 2 is 1.94 bits per heavy atom. The minimum atomic E-state index is 0.450. The number of nitrogens with two attached hydrogens (primary N) is 1. The predicted octanol–water partition coefficient (Wildman–Crippen LogP) is 3.53. The average molecular weight is 279 g/mol. The minimum Gasteiger partial charge on any atom is -0.457 e. The first-order valence-corrected chi connectivity index (χ1v) is 5.60. The maximum Gasteiger partial charge on any atom is 0.132 e. The van der Waals surface area contributed by atoms with Crippen molar-refractivity contribution in [1.29, 1.82) is 0 Å². The van der Waals surface area contributed by atoms with Crippen molar-refractivity contribution >= 4 is 21.7 Å². The molecule has 1 heterocycles. The van der Waals surface area contributed by atoms with Crippen molar-refractivity contribution in [3.63, 3.8) is 0 Å². The van der Waals surface area contributed by atoms with Gasteiger partial charge in [-0.15, -0.1) is 0 Å². The number of anilines is 1. The summed E-state index contributed by atoms with van der Waals surface area (Å²) in [4.78, 5) is 3.90. The van der Waals surface area contributed by atoms with Crippen molar-refractivity contribution in [2.24, 2.45) is 0 Å². The maximum absolute atomic E-state index is 5.65. The highest BCUT2D eigenvalue weighted by atomic mass is 79.9. The van der Waals surface area contributed by atoms with E-state index in [4.69, 9.17) is 10.5 Å². The number of ether oxygens (including phenoxy) is 1. The number of halogens is 1. The fourth-order valence-corrected chi connectivity index (χ4v) is 1.55. The topological polar surface area (TPSA) is 48.1 Å². The van der Waals surface area contributed by atoms with Gasteiger partial charge in [0.2, 0.25) is 0 Å². The molecule has 0 radical (unpaired) electrons. The van der Waals surface area contributed by atoms with Crippen LogP contribution in [0.25, 0.3) is 0 Å². The number of rotatable bonds is 2. The molecule has 0 saturated carbocycles. The smallest absolute Gasteiger partial charge is 0.132 e. The van der Waals surface area contributed by atoms with Gasteiger partial charge in [0.15, 0.2) is 0 Å². The quantitative estimate of drug-likeness (QED) is 0.914. The summed E-state index contributed by atoms with van der Waals surface area (Å²) in [6.07, 6.45) is 1.62. The van der Waals surface area contributed by atoms with Gasteiger partial charge in [-0.05, 0) is 36.8 Å². The zero-order valence-electron chi connectivity index (χ0n) is 8.77. The Labute approximate surface area is 102 Å². The Bertz CT molecular complexity index is 514. The van der Waals surface area contributed by atoms with E-state index < -0.39 is 0 Å². The number of aryl methyl sites for hydroxylation is 1. The monoisotopic (exact) mass is 278 g/mol. The largest absolute Gasteiger partial charge is 0.457 e. The van der Waals surface area contributed by atoms with E-state index in [2.05, 4.69) is 20.9 Å². The van der Waals surface area contributed by atoms with Gasteiger partial charge >= 0.3 is 0 Å². The Morgan fingerprint density at radius 3 is 2.62 bits per heavy atom. The van der Waals surface area contributed by atoms with Gasteiger partial charge in [0.05, 0.1) is 0 Å². The van der Waals surface area contributed by atoms with Crippen molar-refractivity contribution < 1.29 is 4.74 Å². The SMILES string of the molecule is Cc1cc(Oc2ccnc(N)c2)ccc1Br. The molecule has 1 aromatic carbocycles. The number of pyridine rings is 1. The zero-order valence-corrected chi connectivity index (χ0v) is 10.4. The van der Waals surface area contributed by atoms with Gasteiger partial charge in [-0.1, -0.05) is 15.9 Å². The van der Waals surface area contributed by atoms with Gasteiger partial charge in [0, 0.05) is 16.7 Å². The third-order valence-corrected chi connectivity index (χ3v) is 3.01. The van der Waals surface area contributed by atoms with Gasteiger partial charge in [0.25, 0.3) is 0 Å². The fourth-order valence-electron chi connectivity index (χ4n) is 1.31. The van der Waals surface area contributed by atoms with Crippen LogP contribution in [0.4, 0.5) is 5.82 Å². The normalized spacial score (nSPS) is 10.1. The van der Waals surface area contributed by atoms with E-state index >= 15 is 0 Å². The van der Waals surface area contributed by atoms with Crippen LogP contribution in [0.2, 0.25) is 0 Å². The molecule has 16 heavy (non-hydrogen) atoms. The van der Waals surface area contributed by atoms with Crippen molar-refractivity contribution in [3.05, 3.63) is 46.6 Å². The van der Waals surface area contributed by atoms with Crippen molar-refractivity contribution in [1.82, 2.24) is 4.98 Å². The van der Waals surface area contributed by atoms with Crippen molar-refractivity contribution in [3.8, 4) is 11.5 Å². The highest BCUT2D eigenvalue weighted by molar-refractivity contribution is 9.10. The van der Waals surface area contributed by atoms with Gasteiger partial charge in [-0.25, -0.2) is 4.98 Å². The maximum atomic E-state index is 5.65. The first-order chi connectivity index (χ1) is 7.65.